The number of thiazole rings is 1. The topological polar surface area (TPSA) is 74.7 Å². The molecular formula is C20H16N4O2S2. The van der Waals surface area contributed by atoms with E-state index in [9.17, 15) is 9.59 Å². The lowest BCUT2D eigenvalue weighted by Gasteiger charge is -2.10. The molecule has 4 rings (SSSR count). The van der Waals surface area contributed by atoms with Crippen LogP contribution in [-0.2, 0) is 9.59 Å². The van der Waals surface area contributed by atoms with Crippen LogP contribution in [0, 0.1) is 0 Å². The maximum absolute atomic E-state index is 12.2. The minimum atomic E-state index is -0.206. The smallest absolute Gasteiger partial charge is 0.255 e. The number of nitrogens with zero attached hydrogens (tertiary/aromatic N) is 3. The summed E-state index contributed by atoms with van der Waals surface area (Å²) in [4.78, 5) is 28.9. The number of anilines is 1. The van der Waals surface area contributed by atoms with Crippen molar-refractivity contribution in [3.8, 4) is 11.3 Å². The number of benzene rings is 2. The highest BCUT2D eigenvalue weighted by Gasteiger charge is 2.26. The quantitative estimate of drug-likeness (QED) is 0.652. The minimum absolute atomic E-state index is 0.0840. The standard InChI is InChI=1S/C20H16N4O2S2/c25-18(13-28-20-21-16(12-27-20)14-7-3-1-4-8-14)22-17-11-19(26)24(23-17)15-9-5-2-6-10-15/h1-10,12H,11,13H2,(H,22,23,25). The summed E-state index contributed by atoms with van der Waals surface area (Å²) in [5.41, 5.74) is 2.63. The highest BCUT2D eigenvalue weighted by molar-refractivity contribution is 8.01. The lowest BCUT2D eigenvalue weighted by molar-refractivity contribution is -0.117. The third kappa shape index (κ3) is 4.29. The Kier molecular flexibility index (Phi) is 5.50. The van der Waals surface area contributed by atoms with Gasteiger partial charge in [0.25, 0.3) is 5.91 Å². The van der Waals surface area contributed by atoms with Gasteiger partial charge in [0.2, 0.25) is 5.91 Å². The van der Waals surface area contributed by atoms with Crippen molar-refractivity contribution in [1.29, 1.82) is 0 Å². The Morgan fingerprint density at radius 1 is 1.11 bits per heavy atom. The number of nitrogens with one attached hydrogen (secondary N) is 1. The molecule has 1 aliphatic heterocycles. The summed E-state index contributed by atoms with van der Waals surface area (Å²) in [6.45, 7) is 0. The van der Waals surface area contributed by atoms with Crippen LogP contribution >= 0.6 is 23.1 Å². The summed E-state index contributed by atoms with van der Waals surface area (Å²) in [7, 11) is 0. The van der Waals surface area contributed by atoms with E-state index < -0.39 is 0 Å². The summed E-state index contributed by atoms with van der Waals surface area (Å²) in [5.74, 6) is 0.202. The van der Waals surface area contributed by atoms with Crippen molar-refractivity contribution in [2.24, 2.45) is 5.10 Å². The molecule has 0 bridgehead atoms. The average molecular weight is 409 g/mol. The molecule has 2 heterocycles. The van der Waals surface area contributed by atoms with E-state index in [1.54, 1.807) is 12.1 Å². The van der Waals surface area contributed by atoms with E-state index in [-0.39, 0.29) is 24.0 Å². The molecule has 2 amide bonds. The van der Waals surface area contributed by atoms with Gasteiger partial charge in [0.15, 0.2) is 4.34 Å². The van der Waals surface area contributed by atoms with Gasteiger partial charge in [-0.25, -0.2) is 4.98 Å². The summed E-state index contributed by atoms with van der Waals surface area (Å²) in [5, 5.41) is 10.2. The van der Waals surface area contributed by atoms with Gasteiger partial charge in [-0.2, -0.15) is 10.1 Å². The van der Waals surface area contributed by atoms with Gasteiger partial charge < -0.3 is 5.32 Å². The van der Waals surface area contributed by atoms with Crippen molar-refractivity contribution in [1.82, 2.24) is 10.3 Å². The number of amides is 2. The van der Waals surface area contributed by atoms with Crippen LogP contribution in [0.3, 0.4) is 0 Å². The predicted octanol–water partition coefficient (Wildman–Crippen LogP) is 3.77. The van der Waals surface area contributed by atoms with Gasteiger partial charge in [0.1, 0.15) is 5.84 Å². The van der Waals surface area contributed by atoms with E-state index in [2.05, 4.69) is 15.4 Å². The summed E-state index contributed by atoms with van der Waals surface area (Å²) >= 11 is 2.87. The van der Waals surface area contributed by atoms with Gasteiger partial charge in [-0.3, -0.25) is 9.59 Å². The van der Waals surface area contributed by atoms with Crippen molar-refractivity contribution in [2.45, 2.75) is 10.8 Å². The highest BCUT2D eigenvalue weighted by Crippen LogP contribution is 2.28. The van der Waals surface area contributed by atoms with Crippen LogP contribution in [0.4, 0.5) is 5.69 Å². The van der Waals surface area contributed by atoms with Crippen LogP contribution < -0.4 is 10.3 Å². The molecule has 0 saturated heterocycles. The maximum Gasteiger partial charge on any atom is 0.255 e. The van der Waals surface area contributed by atoms with E-state index >= 15 is 0 Å². The number of carbonyl (C=O) groups excluding carboxylic acids is 2. The zero-order chi connectivity index (χ0) is 19.3. The molecule has 0 unspecified atom stereocenters. The molecule has 0 aliphatic carbocycles. The monoisotopic (exact) mass is 408 g/mol. The molecule has 140 valence electrons. The molecule has 8 heteroatoms. The van der Waals surface area contributed by atoms with Gasteiger partial charge in [-0.15, -0.1) is 11.3 Å². The van der Waals surface area contributed by atoms with Crippen LogP contribution in [-0.4, -0.2) is 28.4 Å². The molecular weight excluding hydrogens is 392 g/mol. The zero-order valence-electron chi connectivity index (χ0n) is 14.7. The first-order valence-electron chi connectivity index (χ1n) is 8.58. The fourth-order valence-corrected chi connectivity index (χ4v) is 4.29. The van der Waals surface area contributed by atoms with Gasteiger partial charge in [0, 0.05) is 10.9 Å². The van der Waals surface area contributed by atoms with Crippen molar-refractivity contribution < 1.29 is 9.59 Å². The van der Waals surface area contributed by atoms with E-state index in [1.165, 1.54) is 28.1 Å². The SMILES string of the molecule is O=C(CSc1nc(-c2ccccc2)cs1)NC1=NN(c2ccccc2)C(=O)C1. The maximum atomic E-state index is 12.2. The van der Waals surface area contributed by atoms with Crippen LogP contribution in [0.15, 0.2) is 75.5 Å². The highest BCUT2D eigenvalue weighted by atomic mass is 32.2. The van der Waals surface area contributed by atoms with Crippen LogP contribution in [0.2, 0.25) is 0 Å². The van der Waals surface area contributed by atoms with Gasteiger partial charge >= 0.3 is 0 Å². The molecule has 0 saturated carbocycles. The van der Waals surface area contributed by atoms with Crippen molar-refractivity contribution in [2.75, 3.05) is 10.8 Å². The number of hydrazone groups is 1. The van der Waals surface area contributed by atoms with Crippen LogP contribution in [0.25, 0.3) is 11.3 Å². The van der Waals surface area contributed by atoms with Crippen molar-refractivity contribution >= 4 is 46.4 Å². The number of para-hydroxylation sites is 1. The number of thioether (sulfide) groups is 1. The molecule has 0 radical (unpaired) electrons. The van der Waals surface area contributed by atoms with Crippen molar-refractivity contribution in [3.63, 3.8) is 0 Å². The normalized spacial score (nSPS) is 13.5. The average Bonchev–Trinajstić information content (AvgIpc) is 3.34. The third-order valence-corrected chi connectivity index (χ3v) is 5.96. The summed E-state index contributed by atoms with van der Waals surface area (Å²) in [6, 6.07) is 19.1. The fraction of sp³-hybridized carbons (Fsp3) is 0.100. The number of carbonyl (C=O) groups is 2. The predicted molar refractivity (Wildman–Crippen MR) is 112 cm³/mol. The third-order valence-electron chi connectivity index (χ3n) is 3.94. The van der Waals surface area contributed by atoms with E-state index in [4.69, 9.17) is 0 Å². The lowest BCUT2D eigenvalue weighted by Crippen LogP contribution is -2.31. The second-order valence-corrected chi connectivity index (χ2v) is 8.05. The van der Waals surface area contributed by atoms with Gasteiger partial charge in [-0.05, 0) is 12.1 Å². The van der Waals surface area contributed by atoms with E-state index in [1.807, 2.05) is 53.9 Å². The van der Waals surface area contributed by atoms with Gasteiger partial charge in [0.05, 0.1) is 23.6 Å². The lowest BCUT2D eigenvalue weighted by atomic mass is 10.2. The summed E-state index contributed by atoms with van der Waals surface area (Å²) in [6.07, 6.45) is 0.0840. The number of amidine groups is 1. The Morgan fingerprint density at radius 3 is 2.57 bits per heavy atom. The second-order valence-electron chi connectivity index (χ2n) is 5.97. The zero-order valence-corrected chi connectivity index (χ0v) is 16.4. The fourth-order valence-electron chi connectivity index (χ4n) is 2.66. The number of hydrogen-bond donors (Lipinski definition) is 1. The number of rotatable bonds is 5. The molecule has 0 fully saturated rings. The van der Waals surface area contributed by atoms with E-state index in [0.717, 1.165) is 15.6 Å². The Bertz CT molecular complexity index is 1020. The number of aromatic nitrogens is 1. The van der Waals surface area contributed by atoms with Crippen molar-refractivity contribution in [3.05, 3.63) is 66.0 Å². The molecule has 0 atom stereocenters. The molecule has 1 N–H and O–H groups in total. The second kappa shape index (κ2) is 8.37. The molecule has 2 aromatic carbocycles. The molecule has 1 aliphatic rings. The van der Waals surface area contributed by atoms with Gasteiger partial charge in [-0.1, -0.05) is 60.3 Å². The van der Waals surface area contributed by atoms with E-state index in [0.29, 0.717) is 11.5 Å². The first-order valence-corrected chi connectivity index (χ1v) is 10.4. The molecule has 0 spiro atoms. The number of hydrogen-bond acceptors (Lipinski definition) is 6. The van der Waals surface area contributed by atoms with Crippen LogP contribution in [0.1, 0.15) is 6.42 Å². The molecule has 3 aromatic rings. The largest absolute Gasteiger partial charge is 0.312 e. The van der Waals surface area contributed by atoms with Crippen LogP contribution in [0.5, 0.6) is 0 Å². The Labute approximate surface area is 170 Å². The molecule has 28 heavy (non-hydrogen) atoms. The first kappa shape index (κ1) is 18.4. The Morgan fingerprint density at radius 2 is 1.82 bits per heavy atom. The minimum Gasteiger partial charge on any atom is -0.312 e. The first-order chi connectivity index (χ1) is 13.7. The molecule has 6 nitrogen and oxygen atoms in total. The Balaban J connectivity index is 1.33. The molecule has 1 aromatic heterocycles. The summed E-state index contributed by atoms with van der Waals surface area (Å²) < 4.78 is 0.823. The Hall–Kier alpha value is -2.97.